The molecule has 0 aliphatic heterocycles. The molecule has 0 heterocycles. The number of aliphatic hydroxyl groups excluding tert-OH is 1. The van der Waals surface area contributed by atoms with Gasteiger partial charge in [0.25, 0.3) is 0 Å². The first-order valence-corrected chi connectivity index (χ1v) is 5.91. The van der Waals surface area contributed by atoms with Gasteiger partial charge in [0.05, 0.1) is 0 Å². The molecule has 2 aromatic carbocycles. The van der Waals surface area contributed by atoms with E-state index in [-0.39, 0.29) is 5.78 Å². The van der Waals surface area contributed by atoms with Crippen LogP contribution in [0.15, 0.2) is 60.7 Å². The average Bonchev–Trinajstić information content (AvgIpc) is 2.46. The second-order valence-corrected chi connectivity index (χ2v) is 4.07. The van der Waals surface area contributed by atoms with Crippen LogP contribution in [0.3, 0.4) is 0 Å². The van der Waals surface area contributed by atoms with Crippen molar-refractivity contribution in [1.29, 1.82) is 0 Å². The molecular weight excluding hydrogens is 240 g/mol. The monoisotopic (exact) mass is 254 g/mol. The molecule has 0 spiro atoms. The summed E-state index contributed by atoms with van der Waals surface area (Å²) in [5.74, 6) is -0.122. The van der Waals surface area contributed by atoms with Crippen LogP contribution in [-0.2, 0) is 0 Å². The fourth-order valence-corrected chi connectivity index (χ4v) is 1.76. The Bertz CT molecular complexity index is 586. The van der Waals surface area contributed by atoms with Crippen LogP contribution in [0.2, 0.25) is 0 Å². The van der Waals surface area contributed by atoms with Gasteiger partial charge in [0.1, 0.15) is 0 Å². The smallest absolute Gasteiger partial charge is 0.185 e. The number of hydrogen-bond donors (Lipinski definition) is 2. The van der Waals surface area contributed by atoms with Gasteiger partial charge in [-0.25, -0.2) is 0 Å². The standard InChI is InChI=1S/C16H14O3/c17-15(13-7-2-1-3-8-13)11-10-12-6-4-5-9-14(12)16(18)19/h1-11,16,18-19H/b11-10+. The summed E-state index contributed by atoms with van der Waals surface area (Å²) in [4.78, 5) is 11.9. The van der Waals surface area contributed by atoms with E-state index in [0.717, 1.165) is 0 Å². The van der Waals surface area contributed by atoms with Crippen molar-refractivity contribution in [2.75, 3.05) is 0 Å². The Morgan fingerprint density at radius 3 is 2.26 bits per heavy atom. The van der Waals surface area contributed by atoms with E-state index in [1.54, 1.807) is 54.6 Å². The second-order valence-electron chi connectivity index (χ2n) is 4.07. The van der Waals surface area contributed by atoms with Crippen molar-refractivity contribution in [3.63, 3.8) is 0 Å². The average molecular weight is 254 g/mol. The predicted octanol–water partition coefficient (Wildman–Crippen LogP) is 2.57. The van der Waals surface area contributed by atoms with Crippen LogP contribution < -0.4 is 0 Å². The topological polar surface area (TPSA) is 57.5 Å². The van der Waals surface area contributed by atoms with Gasteiger partial charge in [-0.15, -0.1) is 0 Å². The van der Waals surface area contributed by atoms with Gasteiger partial charge in [-0.3, -0.25) is 4.79 Å². The molecule has 0 radical (unpaired) electrons. The van der Waals surface area contributed by atoms with Gasteiger partial charge in [-0.2, -0.15) is 0 Å². The van der Waals surface area contributed by atoms with Crippen molar-refractivity contribution < 1.29 is 15.0 Å². The molecule has 0 fully saturated rings. The van der Waals surface area contributed by atoms with Crippen molar-refractivity contribution in [2.24, 2.45) is 0 Å². The molecule has 0 bridgehead atoms. The molecule has 0 aromatic heterocycles. The van der Waals surface area contributed by atoms with Gasteiger partial charge in [-0.1, -0.05) is 60.7 Å². The van der Waals surface area contributed by atoms with Gasteiger partial charge in [0.2, 0.25) is 0 Å². The first-order chi connectivity index (χ1) is 9.18. The summed E-state index contributed by atoms with van der Waals surface area (Å²) in [6.45, 7) is 0. The van der Waals surface area contributed by atoms with E-state index in [2.05, 4.69) is 0 Å². The van der Waals surface area contributed by atoms with Crippen molar-refractivity contribution in [2.45, 2.75) is 6.29 Å². The molecule has 0 atom stereocenters. The normalized spacial score (nSPS) is 11.1. The highest BCUT2D eigenvalue weighted by Crippen LogP contribution is 2.17. The molecular formula is C16H14O3. The molecule has 3 nitrogen and oxygen atoms in total. The number of benzene rings is 2. The maximum atomic E-state index is 11.9. The summed E-state index contributed by atoms with van der Waals surface area (Å²) in [5, 5.41) is 18.4. The number of allylic oxidation sites excluding steroid dienone is 1. The minimum Gasteiger partial charge on any atom is -0.364 e. The maximum absolute atomic E-state index is 11.9. The molecule has 0 unspecified atom stereocenters. The highest BCUT2D eigenvalue weighted by molar-refractivity contribution is 6.06. The van der Waals surface area contributed by atoms with Crippen LogP contribution in [0.4, 0.5) is 0 Å². The number of carbonyl (C=O) groups excluding carboxylic acids is 1. The first-order valence-electron chi connectivity index (χ1n) is 5.91. The lowest BCUT2D eigenvalue weighted by Crippen LogP contribution is -1.98. The van der Waals surface area contributed by atoms with Crippen LogP contribution in [-0.4, -0.2) is 16.0 Å². The van der Waals surface area contributed by atoms with Crippen LogP contribution in [0.1, 0.15) is 27.8 Å². The van der Waals surface area contributed by atoms with Crippen molar-refractivity contribution >= 4 is 11.9 Å². The van der Waals surface area contributed by atoms with Gasteiger partial charge < -0.3 is 10.2 Å². The Hall–Kier alpha value is -2.23. The number of rotatable bonds is 4. The first kappa shape index (κ1) is 13.2. The molecule has 2 aromatic rings. The van der Waals surface area contributed by atoms with E-state index in [1.165, 1.54) is 6.08 Å². The molecule has 2 N–H and O–H groups in total. The minimum absolute atomic E-state index is 0.122. The minimum atomic E-state index is -1.55. The van der Waals surface area contributed by atoms with E-state index >= 15 is 0 Å². The summed E-state index contributed by atoms with van der Waals surface area (Å²) in [7, 11) is 0. The third kappa shape index (κ3) is 3.37. The molecule has 3 heteroatoms. The lowest BCUT2D eigenvalue weighted by Gasteiger charge is -2.07. The zero-order valence-corrected chi connectivity index (χ0v) is 10.2. The Morgan fingerprint density at radius 2 is 1.58 bits per heavy atom. The van der Waals surface area contributed by atoms with Crippen LogP contribution in [0.5, 0.6) is 0 Å². The number of aliphatic hydroxyl groups is 2. The molecule has 0 aliphatic carbocycles. The van der Waals surface area contributed by atoms with Gasteiger partial charge in [-0.05, 0) is 11.6 Å². The van der Waals surface area contributed by atoms with E-state index in [0.29, 0.717) is 16.7 Å². The largest absolute Gasteiger partial charge is 0.364 e. The molecule has 2 rings (SSSR count). The third-order valence-electron chi connectivity index (χ3n) is 2.75. The Labute approximate surface area is 111 Å². The fraction of sp³-hybridized carbons (Fsp3) is 0.0625. The van der Waals surface area contributed by atoms with Crippen LogP contribution in [0, 0.1) is 0 Å². The highest BCUT2D eigenvalue weighted by Gasteiger charge is 2.06. The second kappa shape index (κ2) is 6.09. The van der Waals surface area contributed by atoms with E-state index in [4.69, 9.17) is 0 Å². The SMILES string of the molecule is O=C(/C=C/c1ccccc1C(O)O)c1ccccc1. The van der Waals surface area contributed by atoms with Gasteiger partial charge in [0.15, 0.2) is 12.1 Å². The summed E-state index contributed by atoms with van der Waals surface area (Å²) in [6, 6.07) is 15.7. The summed E-state index contributed by atoms with van der Waals surface area (Å²) in [5.41, 5.74) is 1.59. The van der Waals surface area contributed by atoms with E-state index in [9.17, 15) is 15.0 Å². The van der Waals surface area contributed by atoms with Gasteiger partial charge in [0, 0.05) is 11.1 Å². The Kier molecular flexibility index (Phi) is 4.23. The zero-order valence-electron chi connectivity index (χ0n) is 10.2. The van der Waals surface area contributed by atoms with Crippen molar-refractivity contribution in [3.05, 3.63) is 77.4 Å². The summed E-state index contributed by atoms with van der Waals surface area (Å²) in [6.07, 6.45) is 1.47. The Balaban J connectivity index is 2.22. The lowest BCUT2D eigenvalue weighted by atomic mass is 10.0. The van der Waals surface area contributed by atoms with Crippen molar-refractivity contribution in [3.8, 4) is 0 Å². The number of hydrogen-bond acceptors (Lipinski definition) is 3. The van der Waals surface area contributed by atoms with Crippen LogP contribution >= 0.6 is 0 Å². The predicted molar refractivity (Wildman–Crippen MR) is 73.4 cm³/mol. The summed E-state index contributed by atoms with van der Waals surface area (Å²) < 4.78 is 0. The number of ketones is 1. The maximum Gasteiger partial charge on any atom is 0.185 e. The van der Waals surface area contributed by atoms with Gasteiger partial charge >= 0.3 is 0 Å². The fourth-order valence-electron chi connectivity index (χ4n) is 1.76. The molecule has 96 valence electrons. The molecule has 19 heavy (non-hydrogen) atoms. The molecule has 0 saturated heterocycles. The quantitative estimate of drug-likeness (QED) is 0.501. The number of carbonyl (C=O) groups is 1. The van der Waals surface area contributed by atoms with E-state index < -0.39 is 6.29 Å². The summed E-state index contributed by atoms with van der Waals surface area (Å²) >= 11 is 0. The zero-order chi connectivity index (χ0) is 13.7. The van der Waals surface area contributed by atoms with E-state index in [1.807, 2.05) is 6.07 Å². The molecule has 0 amide bonds. The van der Waals surface area contributed by atoms with Crippen molar-refractivity contribution in [1.82, 2.24) is 0 Å². The molecule has 0 aliphatic rings. The molecule has 0 saturated carbocycles. The third-order valence-corrected chi connectivity index (χ3v) is 2.75. The van der Waals surface area contributed by atoms with Crippen LogP contribution in [0.25, 0.3) is 6.08 Å². The lowest BCUT2D eigenvalue weighted by molar-refractivity contribution is -0.0426. The highest BCUT2D eigenvalue weighted by atomic mass is 16.5. The Morgan fingerprint density at radius 1 is 0.947 bits per heavy atom.